The molecule has 1 saturated carbocycles. The van der Waals surface area contributed by atoms with E-state index in [9.17, 15) is 0 Å². The Balaban J connectivity index is 1.82. The molecular formula is C16H25NO. The molecule has 18 heavy (non-hydrogen) atoms. The highest BCUT2D eigenvalue weighted by Gasteiger charge is 2.20. The van der Waals surface area contributed by atoms with Gasteiger partial charge in [0.1, 0.15) is 12.4 Å². The average Bonchev–Trinajstić information content (AvgIpc) is 2.46. The van der Waals surface area contributed by atoms with Gasteiger partial charge in [0.25, 0.3) is 0 Å². The molecule has 2 N–H and O–H groups in total. The summed E-state index contributed by atoms with van der Waals surface area (Å²) in [5, 5.41) is 0. The van der Waals surface area contributed by atoms with Crippen LogP contribution in [0.25, 0.3) is 0 Å². The van der Waals surface area contributed by atoms with E-state index in [4.69, 9.17) is 10.5 Å². The zero-order valence-electron chi connectivity index (χ0n) is 11.4. The molecule has 2 rings (SSSR count). The molecule has 2 heteroatoms. The van der Waals surface area contributed by atoms with Crippen LogP contribution >= 0.6 is 0 Å². The lowest BCUT2D eigenvalue weighted by molar-refractivity contribution is 0.214. The van der Waals surface area contributed by atoms with Crippen LogP contribution in [0.15, 0.2) is 24.3 Å². The standard InChI is InChI=1S/C16H25NO/c1-2-13-7-6-10-15(11-13)18-12-16(17)14-8-4-3-5-9-14/h6-7,10-11,14,16H,2-5,8-9,12,17H2,1H3. The van der Waals surface area contributed by atoms with Crippen LogP contribution in [0.4, 0.5) is 0 Å². The summed E-state index contributed by atoms with van der Waals surface area (Å²) in [6, 6.07) is 8.52. The molecule has 0 amide bonds. The molecule has 1 aromatic carbocycles. The first kappa shape index (κ1) is 13.4. The van der Waals surface area contributed by atoms with Crippen molar-refractivity contribution in [1.82, 2.24) is 0 Å². The van der Waals surface area contributed by atoms with Crippen LogP contribution in [0.2, 0.25) is 0 Å². The van der Waals surface area contributed by atoms with Gasteiger partial charge in [0, 0.05) is 6.04 Å². The van der Waals surface area contributed by atoms with Gasteiger partial charge in [-0.25, -0.2) is 0 Å². The van der Waals surface area contributed by atoms with Gasteiger partial charge in [-0.05, 0) is 42.9 Å². The predicted octanol–water partition coefficient (Wildman–Crippen LogP) is 3.54. The summed E-state index contributed by atoms with van der Waals surface area (Å²) in [6.07, 6.45) is 7.65. The average molecular weight is 247 g/mol. The molecule has 1 aliphatic rings. The molecule has 0 bridgehead atoms. The smallest absolute Gasteiger partial charge is 0.119 e. The van der Waals surface area contributed by atoms with Crippen molar-refractivity contribution < 1.29 is 4.74 Å². The number of aryl methyl sites for hydroxylation is 1. The summed E-state index contributed by atoms with van der Waals surface area (Å²) < 4.78 is 5.84. The van der Waals surface area contributed by atoms with Gasteiger partial charge in [-0.3, -0.25) is 0 Å². The topological polar surface area (TPSA) is 35.2 Å². The Morgan fingerprint density at radius 1 is 1.28 bits per heavy atom. The highest BCUT2D eigenvalue weighted by Crippen LogP contribution is 2.26. The van der Waals surface area contributed by atoms with Crippen LogP contribution in [0.1, 0.15) is 44.6 Å². The molecule has 100 valence electrons. The van der Waals surface area contributed by atoms with Crippen molar-refractivity contribution >= 4 is 0 Å². The summed E-state index contributed by atoms with van der Waals surface area (Å²) in [7, 11) is 0. The third-order valence-corrected chi connectivity index (χ3v) is 4.00. The largest absolute Gasteiger partial charge is 0.492 e. The molecule has 0 spiro atoms. The van der Waals surface area contributed by atoms with E-state index in [1.807, 2.05) is 6.07 Å². The second-order valence-electron chi connectivity index (χ2n) is 5.37. The Bertz CT molecular complexity index is 358. The number of ether oxygens (including phenoxy) is 1. The number of hydrogen-bond donors (Lipinski definition) is 1. The Labute approximate surface area is 111 Å². The quantitative estimate of drug-likeness (QED) is 0.863. The molecule has 2 nitrogen and oxygen atoms in total. The molecule has 0 heterocycles. The maximum atomic E-state index is 6.24. The normalized spacial score (nSPS) is 18.6. The van der Waals surface area contributed by atoms with Gasteiger partial charge in [0.2, 0.25) is 0 Å². The lowest BCUT2D eigenvalue weighted by atomic mass is 9.84. The zero-order valence-corrected chi connectivity index (χ0v) is 11.4. The summed E-state index contributed by atoms with van der Waals surface area (Å²) in [4.78, 5) is 0. The number of nitrogens with two attached hydrogens (primary N) is 1. The Hall–Kier alpha value is -1.02. The second-order valence-corrected chi connectivity index (χ2v) is 5.37. The van der Waals surface area contributed by atoms with Crippen LogP contribution in [0.3, 0.4) is 0 Å². The molecule has 0 radical (unpaired) electrons. The lowest BCUT2D eigenvalue weighted by Crippen LogP contribution is -2.37. The van der Waals surface area contributed by atoms with Crippen molar-refractivity contribution in [1.29, 1.82) is 0 Å². The van der Waals surface area contributed by atoms with Gasteiger partial charge in [0.05, 0.1) is 0 Å². The van der Waals surface area contributed by atoms with Crippen molar-refractivity contribution in [3.63, 3.8) is 0 Å². The van der Waals surface area contributed by atoms with Crippen LogP contribution in [-0.4, -0.2) is 12.6 Å². The van der Waals surface area contributed by atoms with Crippen LogP contribution in [0, 0.1) is 5.92 Å². The van der Waals surface area contributed by atoms with E-state index in [1.165, 1.54) is 37.7 Å². The van der Waals surface area contributed by atoms with E-state index in [-0.39, 0.29) is 6.04 Å². The van der Waals surface area contributed by atoms with Crippen LogP contribution in [0.5, 0.6) is 5.75 Å². The first-order chi connectivity index (χ1) is 8.79. The molecule has 1 atom stereocenters. The van der Waals surface area contributed by atoms with E-state index < -0.39 is 0 Å². The third kappa shape index (κ3) is 3.74. The summed E-state index contributed by atoms with van der Waals surface area (Å²) in [5.41, 5.74) is 7.56. The Morgan fingerprint density at radius 3 is 2.78 bits per heavy atom. The van der Waals surface area contributed by atoms with Gasteiger partial charge in [-0.1, -0.05) is 38.3 Å². The van der Waals surface area contributed by atoms with Crippen LogP contribution < -0.4 is 10.5 Å². The van der Waals surface area contributed by atoms with Crippen molar-refractivity contribution in [3.8, 4) is 5.75 Å². The fraction of sp³-hybridized carbons (Fsp3) is 0.625. The first-order valence-electron chi connectivity index (χ1n) is 7.27. The Morgan fingerprint density at radius 2 is 2.06 bits per heavy atom. The van der Waals surface area contributed by atoms with E-state index in [0.29, 0.717) is 12.5 Å². The molecule has 1 unspecified atom stereocenters. The summed E-state index contributed by atoms with van der Waals surface area (Å²) in [5.74, 6) is 1.62. The van der Waals surface area contributed by atoms with Gasteiger partial charge >= 0.3 is 0 Å². The van der Waals surface area contributed by atoms with Crippen molar-refractivity contribution in [2.45, 2.75) is 51.5 Å². The monoisotopic (exact) mass is 247 g/mol. The molecule has 1 aromatic rings. The molecule has 1 fully saturated rings. The van der Waals surface area contributed by atoms with E-state index in [0.717, 1.165) is 12.2 Å². The number of hydrogen-bond acceptors (Lipinski definition) is 2. The van der Waals surface area contributed by atoms with Gasteiger partial charge < -0.3 is 10.5 Å². The van der Waals surface area contributed by atoms with E-state index in [1.54, 1.807) is 0 Å². The molecular weight excluding hydrogens is 222 g/mol. The minimum atomic E-state index is 0.190. The van der Waals surface area contributed by atoms with Gasteiger partial charge in [-0.2, -0.15) is 0 Å². The summed E-state index contributed by atoms with van der Waals surface area (Å²) in [6.45, 7) is 2.81. The van der Waals surface area contributed by atoms with Crippen molar-refractivity contribution in [2.24, 2.45) is 11.7 Å². The number of rotatable bonds is 5. The lowest BCUT2D eigenvalue weighted by Gasteiger charge is -2.27. The second kappa shape index (κ2) is 6.79. The van der Waals surface area contributed by atoms with Crippen molar-refractivity contribution in [3.05, 3.63) is 29.8 Å². The first-order valence-corrected chi connectivity index (χ1v) is 7.27. The van der Waals surface area contributed by atoms with Crippen molar-refractivity contribution in [2.75, 3.05) is 6.61 Å². The maximum Gasteiger partial charge on any atom is 0.119 e. The SMILES string of the molecule is CCc1cccc(OCC(N)C2CCCCC2)c1. The van der Waals surface area contributed by atoms with E-state index in [2.05, 4.69) is 25.1 Å². The van der Waals surface area contributed by atoms with Crippen LogP contribution in [-0.2, 0) is 6.42 Å². The summed E-state index contributed by atoms with van der Waals surface area (Å²) >= 11 is 0. The third-order valence-electron chi connectivity index (χ3n) is 4.00. The molecule has 0 aromatic heterocycles. The minimum absolute atomic E-state index is 0.190. The minimum Gasteiger partial charge on any atom is -0.492 e. The Kier molecular flexibility index (Phi) is 5.06. The maximum absolute atomic E-state index is 6.24. The fourth-order valence-electron chi connectivity index (χ4n) is 2.75. The predicted molar refractivity (Wildman–Crippen MR) is 75.9 cm³/mol. The molecule has 0 saturated heterocycles. The highest BCUT2D eigenvalue weighted by atomic mass is 16.5. The van der Waals surface area contributed by atoms with Gasteiger partial charge in [0.15, 0.2) is 0 Å². The highest BCUT2D eigenvalue weighted by molar-refractivity contribution is 5.28. The van der Waals surface area contributed by atoms with E-state index >= 15 is 0 Å². The van der Waals surface area contributed by atoms with Gasteiger partial charge in [-0.15, -0.1) is 0 Å². The zero-order chi connectivity index (χ0) is 12.8. The number of benzene rings is 1. The molecule has 1 aliphatic carbocycles. The molecule has 0 aliphatic heterocycles. The fourth-order valence-corrected chi connectivity index (χ4v) is 2.75.